The van der Waals surface area contributed by atoms with Crippen LogP contribution in [-0.4, -0.2) is 11.9 Å². The predicted molar refractivity (Wildman–Crippen MR) is 73.4 cm³/mol. The van der Waals surface area contributed by atoms with Crippen molar-refractivity contribution in [1.29, 1.82) is 0 Å². The molecule has 0 bridgehead atoms. The van der Waals surface area contributed by atoms with Crippen LogP contribution >= 0.6 is 12.6 Å². The summed E-state index contributed by atoms with van der Waals surface area (Å²) in [6, 6.07) is 9.07. The number of hydrogen-bond donors (Lipinski definition) is 2. The van der Waals surface area contributed by atoms with Gasteiger partial charge in [0.1, 0.15) is 5.58 Å². The zero-order chi connectivity index (χ0) is 11.7. The van der Waals surface area contributed by atoms with Crippen LogP contribution < -0.4 is 5.32 Å². The Morgan fingerprint density at radius 3 is 3.00 bits per heavy atom. The van der Waals surface area contributed by atoms with Gasteiger partial charge in [0.15, 0.2) is 0 Å². The molecule has 2 aromatic rings. The minimum atomic E-state index is 0.580. The summed E-state index contributed by atoms with van der Waals surface area (Å²) in [6.07, 6.45) is 5.56. The van der Waals surface area contributed by atoms with Crippen LogP contribution in [0, 0.1) is 5.92 Å². The highest BCUT2D eigenvalue weighted by atomic mass is 32.1. The van der Waals surface area contributed by atoms with Gasteiger partial charge in [-0.15, -0.1) is 0 Å². The molecule has 17 heavy (non-hydrogen) atoms. The second kappa shape index (κ2) is 4.75. The smallest absolute Gasteiger partial charge is 0.133 e. The third-order valence-electron chi connectivity index (χ3n) is 3.52. The summed E-state index contributed by atoms with van der Waals surface area (Å²) in [7, 11) is 0. The van der Waals surface area contributed by atoms with E-state index in [1.54, 1.807) is 6.26 Å². The molecule has 3 rings (SSSR count). The van der Waals surface area contributed by atoms with E-state index in [2.05, 4.69) is 36.1 Å². The zero-order valence-electron chi connectivity index (χ0n) is 9.73. The zero-order valence-corrected chi connectivity index (χ0v) is 10.6. The van der Waals surface area contributed by atoms with Gasteiger partial charge in [0.25, 0.3) is 0 Å². The molecule has 1 unspecified atom stereocenters. The molecule has 0 amide bonds. The molecule has 0 radical (unpaired) electrons. The van der Waals surface area contributed by atoms with Crippen molar-refractivity contribution in [3.05, 3.63) is 36.1 Å². The Kier molecular flexibility index (Phi) is 3.12. The van der Waals surface area contributed by atoms with Crippen LogP contribution in [0.4, 0.5) is 0 Å². The molecule has 0 saturated heterocycles. The normalized spacial score (nSPS) is 17.5. The maximum Gasteiger partial charge on any atom is 0.133 e. The fraction of sp³-hybridized carbons (Fsp3) is 0.429. The van der Waals surface area contributed by atoms with Crippen molar-refractivity contribution < 1.29 is 4.42 Å². The molecular formula is C14H17NOS. The molecule has 1 saturated carbocycles. The third-order valence-corrected chi connectivity index (χ3v) is 3.70. The number of fused-ring (bicyclic) bond motifs is 1. The largest absolute Gasteiger partial charge is 0.464 e. The van der Waals surface area contributed by atoms with Crippen LogP contribution in [0.3, 0.4) is 0 Å². The van der Waals surface area contributed by atoms with Gasteiger partial charge in [-0.2, -0.15) is 12.6 Å². The monoisotopic (exact) mass is 247 g/mol. The highest BCUT2D eigenvalue weighted by Crippen LogP contribution is 2.34. The first-order valence-corrected chi connectivity index (χ1v) is 6.80. The maximum atomic E-state index is 5.36. The molecule has 90 valence electrons. The second-order valence-corrected chi connectivity index (χ2v) is 5.12. The molecule has 1 heterocycles. The third kappa shape index (κ3) is 2.50. The first kappa shape index (κ1) is 11.2. The van der Waals surface area contributed by atoms with Crippen LogP contribution in [0.2, 0.25) is 0 Å². The Morgan fingerprint density at radius 1 is 1.35 bits per heavy atom. The summed E-state index contributed by atoms with van der Waals surface area (Å²) in [5, 5.41) is 4.67. The van der Waals surface area contributed by atoms with Gasteiger partial charge in [-0.1, -0.05) is 6.07 Å². The van der Waals surface area contributed by atoms with Crippen molar-refractivity contribution in [3.63, 3.8) is 0 Å². The Hall–Kier alpha value is -0.930. The summed E-state index contributed by atoms with van der Waals surface area (Å²) in [4.78, 5) is 0. The molecule has 2 nitrogen and oxygen atoms in total. The quantitative estimate of drug-likeness (QED) is 0.626. The summed E-state index contributed by atoms with van der Waals surface area (Å²) >= 11 is 4.27. The molecule has 0 aliphatic heterocycles. The van der Waals surface area contributed by atoms with E-state index in [0.29, 0.717) is 6.04 Å². The van der Waals surface area contributed by atoms with E-state index in [-0.39, 0.29) is 0 Å². The number of nitrogens with one attached hydrogen (secondary N) is 1. The van der Waals surface area contributed by atoms with E-state index in [0.717, 1.165) is 23.8 Å². The fourth-order valence-electron chi connectivity index (χ4n) is 2.42. The van der Waals surface area contributed by atoms with E-state index in [9.17, 15) is 0 Å². The number of thiol groups is 1. The number of benzene rings is 1. The average molecular weight is 247 g/mol. The van der Waals surface area contributed by atoms with Crippen molar-refractivity contribution in [2.45, 2.75) is 25.3 Å². The van der Waals surface area contributed by atoms with Crippen LogP contribution in [-0.2, 0) is 6.42 Å². The number of rotatable bonds is 5. The highest BCUT2D eigenvalue weighted by molar-refractivity contribution is 7.80. The minimum absolute atomic E-state index is 0.580. The Bertz CT molecular complexity index is 504. The van der Waals surface area contributed by atoms with Gasteiger partial charge in [0, 0.05) is 17.3 Å². The SMILES string of the molecule is SCNC(Cc1ccc2occc2c1)C1CC1. The summed E-state index contributed by atoms with van der Waals surface area (Å²) in [6.45, 7) is 0. The number of hydrogen-bond acceptors (Lipinski definition) is 3. The molecule has 1 fully saturated rings. The van der Waals surface area contributed by atoms with E-state index >= 15 is 0 Å². The van der Waals surface area contributed by atoms with Gasteiger partial charge in [0.2, 0.25) is 0 Å². The molecule has 3 heteroatoms. The van der Waals surface area contributed by atoms with Gasteiger partial charge in [0.05, 0.1) is 6.26 Å². The molecular weight excluding hydrogens is 230 g/mol. The molecule has 0 spiro atoms. The van der Waals surface area contributed by atoms with Gasteiger partial charge >= 0.3 is 0 Å². The van der Waals surface area contributed by atoms with Crippen molar-refractivity contribution in [2.75, 3.05) is 5.88 Å². The van der Waals surface area contributed by atoms with Crippen LogP contribution in [0.15, 0.2) is 34.9 Å². The van der Waals surface area contributed by atoms with E-state index < -0.39 is 0 Å². The molecule has 1 aliphatic rings. The molecule has 1 aromatic heterocycles. The minimum Gasteiger partial charge on any atom is -0.464 e. The Morgan fingerprint density at radius 2 is 2.24 bits per heavy atom. The molecule has 1 aliphatic carbocycles. The van der Waals surface area contributed by atoms with E-state index in [1.807, 2.05) is 6.07 Å². The maximum absolute atomic E-state index is 5.36. The van der Waals surface area contributed by atoms with Gasteiger partial charge in [-0.3, -0.25) is 0 Å². The van der Waals surface area contributed by atoms with Gasteiger partial charge in [-0.05, 0) is 48.9 Å². The molecule has 1 N–H and O–H groups in total. The first-order chi connectivity index (χ1) is 8.36. The standard InChI is InChI=1S/C14H17NOS/c17-9-15-13(11-2-3-11)8-10-1-4-14-12(7-10)5-6-16-14/h1,4-7,11,13,15,17H,2-3,8-9H2. The van der Waals surface area contributed by atoms with Crippen molar-refractivity contribution >= 4 is 23.6 Å². The Balaban J connectivity index is 1.77. The highest BCUT2D eigenvalue weighted by Gasteiger charge is 2.30. The lowest BCUT2D eigenvalue weighted by molar-refractivity contribution is 0.494. The van der Waals surface area contributed by atoms with Gasteiger partial charge in [-0.25, -0.2) is 0 Å². The second-order valence-electron chi connectivity index (χ2n) is 4.80. The lowest BCUT2D eigenvalue weighted by atomic mass is 10.0. The first-order valence-electron chi connectivity index (χ1n) is 6.17. The van der Waals surface area contributed by atoms with Crippen LogP contribution in [0.25, 0.3) is 11.0 Å². The van der Waals surface area contributed by atoms with Gasteiger partial charge < -0.3 is 9.73 Å². The molecule has 1 aromatic carbocycles. The van der Waals surface area contributed by atoms with Crippen LogP contribution in [0.1, 0.15) is 18.4 Å². The average Bonchev–Trinajstić information content (AvgIpc) is 3.07. The van der Waals surface area contributed by atoms with Crippen molar-refractivity contribution in [3.8, 4) is 0 Å². The van der Waals surface area contributed by atoms with Crippen molar-refractivity contribution in [1.82, 2.24) is 5.32 Å². The summed E-state index contributed by atoms with van der Waals surface area (Å²) in [5.41, 5.74) is 2.35. The summed E-state index contributed by atoms with van der Waals surface area (Å²) < 4.78 is 5.36. The van der Waals surface area contributed by atoms with Crippen LogP contribution in [0.5, 0.6) is 0 Å². The topological polar surface area (TPSA) is 25.2 Å². The van der Waals surface area contributed by atoms with E-state index in [4.69, 9.17) is 4.42 Å². The number of furan rings is 1. The lowest BCUT2D eigenvalue weighted by Crippen LogP contribution is -2.32. The Labute approximate surface area is 107 Å². The lowest BCUT2D eigenvalue weighted by Gasteiger charge is -2.16. The van der Waals surface area contributed by atoms with E-state index in [1.165, 1.54) is 23.8 Å². The predicted octanol–water partition coefficient (Wildman–Crippen LogP) is 3.23. The molecule has 1 atom stereocenters. The fourth-order valence-corrected chi connectivity index (χ4v) is 2.65. The van der Waals surface area contributed by atoms with Crippen molar-refractivity contribution in [2.24, 2.45) is 5.92 Å². The summed E-state index contributed by atoms with van der Waals surface area (Å²) in [5.74, 6) is 1.61.